The Morgan fingerprint density at radius 1 is 1.45 bits per heavy atom. The number of hydrogen-bond donors (Lipinski definition) is 2. The third kappa shape index (κ3) is 4.43. The lowest BCUT2D eigenvalue weighted by molar-refractivity contribution is -0.150. The second-order valence-electron chi connectivity index (χ2n) is 4.67. The molecular weight excluding hydrogens is 288 g/mol. The minimum atomic E-state index is -3.46. The molecule has 1 aliphatic rings. The highest BCUT2D eigenvalue weighted by molar-refractivity contribution is 7.88. The lowest BCUT2D eigenvalue weighted by atomic mass is 10.0. The van der Waals surface area contributed by atoms with Crippen LogP contribution in [0.25, 0.3) is 0 Å². The van der Waals surface area contributed by atoms with Crippen LogP contribution in [0.4, 0.5) is 0 Å². The number of nitrogens with zero attached hydrogens (tertiary/aromatic N) is 1. The number of sulfonamides is 1. The molecule has 20 heavy (non-hydrogen) atoms. The van der Waals surface area contributed by atoms with Crippen molar-refractivity contribution in [1.29, 1.82) is 0 Å². The van der Waals surface area contributed by atoms with Gasteiger partial charge in [-0.3, -0.25) is 4.79 Å². The minimum Gasteiger partial charge on any atom is -0.467 e. The number of hydrogen-bond acceptors (Lipinski definition) is 6. The van der Waals surface area contributed by atoms with E-state index >= 15 is 0 Å². The van der Waals surface area contributed by atoms with Gasteiger partial charge in [-0.25, -0.2) is 13.2 Å². The molecular formula is C11H20N2O6S. The molecule has 0 aromatic carbocycles. The number of carbonyl (C=O) groups excluding carboxylic acids is 2. The number of methoxy groups -OCH3 is 1. The molecule has 8 nitrogen and oxygen atoms in total. The quantitative estimate of drug-likeness (QED) is 0.595. The molecule has 1 fully saturated rings. The Bertz CT molecular complexity index is 464. The Hall–Kier alpha value is -1.19. The number of esters is 1. The summed E-state index contributed by atoms with van der Waals surface area (Å²) in [5.74, 6) is -1.37. The Labute approximate surface area is 118 Å². The first-order valence-electron chi connectivity index (χ1n) is 6.27. The summed E-state index contributed by atoms with van der Waals surface area (Å²) >= 11 is 0. The van der Waals surface area contributed by atoms with E-state index in [1.165, 1.54) is 0 Å². The van der Waals surface area contributed by atoms with Gasteiger partial charge in [0.15, 0.2) is 6.10 Å². The number of amides is 1. The molecule has 116 valence electrons. The molecule has 1 aliphatic heterocycles. The van der Waals surface area contributed by atoms with Crippen LogP contribution in [0.15, 0.2) is 0 Å². The van der Waals surface area contributed by atoms with Gasteiger partial charge in [0.2, 0.25) is 15.9 Å². The zero-order valence-electron chi connectivity index (χ0n) is 11.5. The van der Waals surface area contributed by atoms with Gasteiger partial charge in [-0.1, -0.05) is 6.42 Å². The molecule has 0 spiro atoms. The fourth-order valence-corrected chi connectivity index (χ4v) is 3.22. The molecule has 0 radical (unpaired) electrons. The maximum absolute atomic E-state index is 12.0. The van der Waals surface area contributed by atoms with Crippen molar-refractivity contribution in [3.05, 3.63) is 0 Å². The van der Waals surface area contributed by atoms with Crippen LogP contribution in [-0.4, -0.2) is 68.3 Å². The predicted octanol–water partition coefficient (Wildman–Crippen LogP) is -1.55. The number of carbonyl (C=O) groups is 2. The molecule has 0 aromatic heterocycles. The van der Waals surface area contributed by atoms with Crippen molar-refractivity contribution >= 4 is 21.9 Å². The van der Waals surface area contributed by atoms with Gasteiger partial charge in [0.1, 0.15) is 6.04 Å². The molecule has 1 saturated heterocycles. The van der Waals surface area contributed by atoms with Crippen LogP contribution in [0.1, 0.15) is 19.3 Å². The summed E-state index contributed by atoms with van der Waals surface area (Å²) < 4.78 is 28.7. The maximum atomic E-state index is 12.0. The first-order valence-corrected chi connectivity index (χ1v) is 8.12. The van der Waals surface area contributed by atoms with E-state index in [1.807, 2.05) is 0 Å². The van der Waals surface area contributed by atoms with E-state index in [0.717, 1.165) is 24.1 Å². The monoisotopic (exact) mass is 308 g/mol. The Morgan fingerprint density at radius 3 is 2.65 bits per heavy atom. The smallest absolute Gasteiger partial charge is 0.336 e. The van der Waals surface area contributed by atoms with E-state index < -0.39 is 34.0 Å². The van der Waals surface area contributed by atoms with E-state index in [1.54, 1.807) is 0 Å². The van der Waals surface area contributed by atoms with Crippen LogP contribution in [0, 0.1) is 0 Å². The van der Waals surface area contributed by atoms with Crippen molar-refractivity contribution in [1.82, 2.24) is 9.62 Å². The Balaban J connectivity index is 2.63. The molecule has 0 aliphatic carbocycles. The normalized spacial score (nSPS) is 22.1. The number of nitrogens with one attached hydrogen (secondary N) is 1. The number of ether oxygens (including phenoxy) is 1. The number of aliphatic hydroxyl groups is 1. The van der Waals surface area contributed by atoms with Crippen LogP contribution >= 0.6 is 0 Å². The molecule has 2 N–H and O–H groups in total. The summed E-state index contributed by atoms with van der Waals surface area (Å²) in [6.07, 6.45) is 1.49. The van der Waals surface area contributed by atoms with Crippen molar-refractivity contribution in [2.75, 3.05) is 26.5 Å². The molecule has 1 rings (SSSR count). The lowest BCUT2D eigenvalue weighted by Gasteiger charge is -2.32. The third-order valence-electron chi connectivity index (χ3n) is 3.13. The molecule has 2 atom stereocenters. The predicted molar refractivity (Wildman–Crippen MR) is 70.2 cm³/mol. The highest BCUT2D eigenvalue weighted by Crippen LogP contribution is 2.19. The summed E-state index contributed by atoms with van der Waals surface area (Å²) in [4.78, 5) is 23.0. The van der Waals surface area contributed by atoms with Crippen molar-refractivity contribution in [2.45, 2.75) is 31.4 Å². The van der Waals surface area contributed by atoms with E-state index in [0.29, 0.717) is 19.4 Å². The first-order chi connectivity index (χ1) is 9.27. The Morgan fingerprint density at radius 2 is 2.10 bits per heavy atom. The minimum absolute atomic E-state index is 0.302. The first kappa shape index (κ1) is 16.9. The zero-order chi connectivity index (χ0) is 15.3. The number of piperidine rings is 1. The van der Waals surface area contributed by atoms with E-state index in [9.17, 15) is 23.1 Å². The molecule has 2 unspecified atom stereocenters. The molecule has 1 amide bonds. The Kier molecular flexibility index (Phi) is 5.90. The second-order valence-corrected chi connectivity index (χ2v) is 6.60. The van der Waals surface area contributed by atoms with Crippen molar-refractivity contribution in [3.63, 3.8) is 0 Å². The summed E-state index contributed by atoms with van der Waals surface area (Å²) in [6.45, 7) is -0.00389. The summed E-state index contributed by atoms with van der Waals surface area (Å²) in [5, 5.41) is 11.7. The number of rotatable bonds is 5. The fraction of sp³-hybridized carbons (Fsp3) is 0.818. The van der Waals surface area contributed by atoms with Crippen LogP contribution in [0.5, 0.6) is 0 Å². The van der Waals surface area contributed by atoms with Gasteiger partial charge < -0.3 is 15.2 Å². The average molecular weight is 308 g/mol. The van der Waals surface area contributed by atoms with Crippen molar-refractivity contribution in [3.8, 4) is 0 Å². The summed E-state index contributed by atoms with van der Waals surface area (Å²) in [5.41, 5.74) is 0. The number of aliphatic hydroxyl groups excluding tert-OH is 1. The summed E-state index contributed by atoms with van der Waals surface area (Å²) in [7, 11) is -2.34. The average Bonchev–Trinajstić information content (AvgIpc) is 2.42. The van der Waals surface area contributed by atoms with Crippen molar-refractivity contribution in [2.24, 2.45) is 0 Å². The highest BCUT2D eigenvalue weighted by Gasteiger charge is 2.34. The molecule has 0 saturated carbocycles. The van der Waals surface area contributed by atoms with E-state index in [-0.39, 0.29) is 6.54 Å². The molecule has 9 heteroatoms. The van der Waals surface area contributed by atoms with Gasteiger partial charge >= 0.3 is 5.97 Å². The van der Waals surface area contributed by atoms with Gasteiger partial charge in [0.05, 0.1) is 19.9 Å². The van der Waals surface area contributed by atoms with Gasteiger partial charge in [0, 0.05) is 6.54 Å². The van der Waals surface area contributed by atoms with Gasteiger partial charge in [-0.15, -0.1) is 0 Å². The highest BCUT2D eigenvalue weighted by atomic mass is 32.2. The van der Waals surface area contributed by atoms with E-state index in [4.69, 9.17) is 0 Å². The van der Waals surface area contributed by atoms with E-state index in [2.05, 4.69) is 10.1 Å². The van der Waals surface area contributed by atoms with Gasteiger partial charge in [0.25, 0.3) is 0 Å². The fourth-order valence-electron chi connectivity index (χ4n) is 2.10. The van der Waals surface area contributed by atoms with Gasteiger partial charge in [-0.2, -0.15) is 4.31 Å². The molecule has 0 bridgehead atoms. The maximum Gasteiger partial charge on any atom is 0.336 e. The van der Waals surface area contributed by atoms with Crippen molar-refractivity contribution < 1.29 is 27.9 Å². The SMILES string of the molecule is COC(=O)C(O)CNC(=O)C1CCCCN1S(C)(=O)=O. The molecule has 0 aromatic rings. The topological polar surface area (TPSA) is 113 Å². The van der Waals surface area contributed by atoms with Crippen LogP contribution in [-0.2, 0) is 24.3 Å². The molecule has 1 heterocycles. The van der Waals surface area contributed by atoms with Gasteiger partial charge in [-0.05, 0) is 12.8 Å². The second kappa shape index (κ2) is 7.00. The van der Waals surface area contributed by atoms with Crippen LogP contribution in [0.3, 0.4) is 0 Å². The summed E-state index contributed by atoms with van der Waals surface area (Å²) in [6, 6.07) is -0.788. The third-order valence-corrected chi connectivity index (χ3v) is 4.41. The standard InChI is InChI=1S/C11H20N2O6S/c1-19-11(16)9(14)7-12-10(15)8-5-3-4-6-13(8)20(2,17)18/h8-9,14H,3-7H2,1-2H3,(H,12,15). The van der Waals surface area contributed by atoms with Crippen LogP contribution < -0.4 is 5.32 Å². The zero-order valence-corrected chi connectivity index (χ0v) is 12.4. The lowest BCUT2D eigenvalue weighted by Crippen LogP contribution is -2.52. The van der Waals surface area contributed by atoms with Crippen LogP contribution in [0.2, 0.25) is 0 Å². The largest absolute Gasteiger partial charge is 0.467 e.